The number of esters is 1. The van der Waals surface area contributed by atoms with Crippen molar-refractivity contribution >= 4 is 23.3 Å². The van der Waals surface area contributed by atoms with Gasteiger partial charge in [-0.25, -0.2) is 4.79 Å². The quantitative estimate of drug-likeness (QED) is 0.849. The van der Waals surface area contributed by atoms with Crippen molar-refractivity contribution in [3.05, 3.63) is 40.2 Å². The summed E-state index contributed by atoms with van der Waals surface area (Å²) in [4.78, 5) is 14.2. The molecule has 0 radical (unpaired) electrons. The van der Waals surface area contributed by atoms with Crippen LogP contribution in [0.4, 0.5) is 5.69 Å². The van der Waals surface area contributed by atoms with Crippen molar-refractivity contribution in [2.24, 2.45) is 0 Å². The number of hydrogen-bond donors (Lipinski definition) is 1. The minimum Gasteiger partial charge on any atom is -0.464 e. The lowest BCUT2D eigenvalue weighted by Gasteiger charge is -2.34. The Morgan fingerprint density at radius 1 is 1.50 bits per heavy atom. The first-order valence-corrected chi connectivity index (χ1v) is 8.16. The zero-order valence-corrected chi connectivity index (χ0v) is 13.7. The Morgan fingerprint density at radius 2 is 2.32 bits per heavy atom. The third kappa shape index (κ3) is 2.68. The van der Waals surface area contributed by atoms with Crippen LogP contribution in [0.25, 0.3) is 0 Å². The SMILES string of the molecule is CCOC(=O)C1CCCC2=C(N1)N(C)c1cccc(Cl)c1C2. The summed E-state index contributed by atoms with van der Waals surface area (Å²) in [6.45, 7) is 2.25. The third-order valence-corrected chi connectivity index (χ3v) is 4.72. The molecule has 0 aromatic heterocycles. The Bertz CT molecular complexity index is 627. The molecule has 118 valence electrons. The monoisotopic (exact) mass is 320 g/mol. The highest BCUT2D eigenvalue weighted by Crippen LogP contribution is 2.38. The molecule has 1 atom stereocenters. The van der Waals surface area contributed by atoms with Crippen LogP contribution < -0.4 is 10.2 Å². The van der Waals surface area contributed by atoms with Crippen molar-refractivity contribution in [3.8, 4) is 0 Å². The zero-order valence-electron chi connectivity index (χ0n) is 13.0. The number of fused-ring (bicyclic) bond motifs is 1. The lowest BCUT2D eigenvalue weighted by Crippen LogP contribution is -2.42. The van der Waals surface area contributed by atoms with Gasteiger partial charge in [-0.1, -0.05) is 17.7 Å². The van der Waals surface area contributed by atoms with E-state index in [2.05, 4.69) is 16.3 Å². The fourth-order valence-electron chi connectivity index (χ4n) is 3.27. The molecule has 0 aliphatic carbocycles. The van der Waals surface area contributed by atoms with E-state index in [1.54, 1.807) is 0 Å². The van der Waals surface area contributed by atoms with E-state index in [0.29, 0.717) is 6.61 Å². The minimum absolute atomic E-state index is 0.165. The van der Waals surface area contributed by atoms with Gasteiger partial charge in [0.15, 0.2) is 0 Å². The molecule has 22 heavy (non-hydrogen) atoms. The Hall–Kier alpha value is -1.68. The fourth-order valence-corrected chi connectivity index (χ4v) is 3.51. The molecule has 0 fully saturated rings. The van der Waals surface area contributed by atoms with Crippen molar-refractivity contribution in [3.63, 3.8) is 0 Å². The highest BCUT2D eigenvalue weighted by Gasteiger charge is 2.30. The number of carbonyl (C=O) groups is 1. The number of nitrogens with one attached hydrogen (secondary N) is 1. The van der Waals surface area contributed by atoms with E-state index >= 15 is 0 Å². The molecule has 0 bridgehead atoms. The second kappa shape index (κ2) is 6.21. The molecule has 0 saturated carbocycles. The maximum absolute atomic E-state index is 12.1. The minimum atomic E-state index is -0.268. The van der Waals surface area contributed by atoms with Crippen molar-refractivity contribution in [2.45, 2.75) is 38.6 Å². The Kier molecular flexibility index (Phi) is 4.30. The predicted octanol–water partition coefficient (Wildman–Crippen LogP) is 3.25. The van der Waals surface area contributed by atoms with Crippen molar-refractivity contribution in [2.75, 3.05) is 18.6 Å². The molecule has 0 saturated heterocycles. The number of rotatable bonds is 2. The van der Waals surface area contributed by atoms with Crippen LogP contribution in [0.5, 0.6) is 0 Å². The van der Waals surface area contributed by atoms with Gasteiger partial charge in [0.05, 0.1) is 6.61 Å². The van der Waals surface area contributed by atoms with E-state index in [9.17, 15) is 4.79 Å². The van der Waals surface area contributed by atoms with Gasteiger partial charge in [-0.2, -0.15) is 0 Å². The summed E-state index contributed by atoms with van der Waals surface area (Å²) in [6.07, 6.45) is 3.59. The van der Waals surface area contributed by atoms with Crippen LogP contribution >= 0.6 is 11.6 Å². The van der Waals surface area contributed by atoms with E-state index < -0.39 is 0 Å². The molecule has 1 aromatic rings. The van der Waals surface area contributed by atoms with Gasteiger partial charge < -0.3 is 15.0 Å². The first-order valence-electron chi connectivity index (χ1n) is 7.78. The van der Waals surface area contributed by atoms with E-state index in [4.69, 9.17) is 16.3 Å². The standard InChI is InChI=1S/C17H21ClN2O2/c1-3-22-17(21)14-8-4-6-11-10-12-13(18)7-5-9-15(12)20(2)16(11)19-14/h5,7,9,14,19H,3-4,6,8,10H2,1-2H3. The summed E-state index contributed by atoms with van der Waals surface area (Å²) < 4.78 is 5.18. The van der Waals surface area contributed by atoms with Crippen LogP contribution in [0.1, 0.15) is 31.7 Å². The van der Waals surface area contributed by atoms with Crippen LogP contribution in [-0.2, 0) is 16.0 Å². The predicted molar refractivity (Wildman–Crippen MR) is 88.0 cm³/mol. The summed E-state index contributed by atoms with van der Waals surface area (Å²) in [5.41, 5.74) is 3.58. The average molecular weight is 321 g/mol. The Morgan fingerprint density at radius 3 is 3.09 bits per heavy atom. The molecule has 2 aliphatic heterocycles. The van der Waals surface area contributed by atoms with Crippen LogP contribution in [0.15, 0.2) is 29.6 Å². The molecule has 4 nitrogen and oxygen atoms in total. The van der Waals surface area contributed by atoms with Crippen LogP contribution in [0, 0.1) is 0 Å². The van der Waals surface area contributed by atoms with Gasteiger partial charge in [-0.3, -0.25) is 0 Å². The normalized spacial score (nSPS) is 20.7. The van der Waals surface area contributed by atoms with Crippen LogP contribution in [0.2, 0.25) is 5.02 Å². The first kappa shape index (κ1) is 15.2. The Labute approximate surface area is 136 Å². The largest absolute Gasteiger partial charge is 0.464 e. The smallest absolute Gasteiger partial charge is 0.328 e. The Balaban J connectivity index is 1.91. The van der Waals surface area contributed by atoms with E-state index in [-0.39, 0.29) is 12.0 Å². The molecule has 3 rings (SSSR count). The number of hydrogen-bond acceptors (Lipinski definition) is 4. The molecule has 1 aromatic carbocycles. The zero-order chi connectivity index (χ0) is 15.7. The lowest BCUT2D eigenvalue weighted by atomic mass is 9.95. The van der Waals surface area contributed by atoms with Crippen molar-refractivity contribution < 1.29 is 9.53 Å². The van der Waals surface area contributed by atoms with Gasteiger partial charge in [0.1, 0.15) is 11.9 Å². The summed E-state index contributed by atoms with van der Waals surface area (Å²) in [5.74, 6) is 0.867. The number of halogens is 1. The van der Waals surface area contributed by atoms with Gasteiger partial charge >= 0.3 is 5.97 Å². The summed E-state index contributed by atoms with van der Waals surface area (Å²) in [6, 6.07) is 5.70. The summed E-state index contributed by atoms with van der Waals surface area (Å²) >= 11 is 6.36. The van der Waals surface area contributed by atoms with Gasteiger partial charge in [0.25, 0.3) is 0 Å². The molecule has 0 spiro atoms. The highest BCUT2D eigenvalue weighted by atomic mass is 35.5. The van der Waals surface area contributed by atoms with Gasteiger partial charge in [0, 0.05) is 24.2 Å². The van der Waals surface area contributed by atoms with E-state index in [1.807, 2.05) is 26.1 Å². The van der Waals surface area contributed by atoms with Crippen molar-refractivity contribution in [1.82, 2.24) is 5.32 Å². The summed E-state index contributed by atoms with van der Waals surface area (Å²) in [7, 11) is 2.02. The fraction of sp³-hybridized carbons (Fsp3) is 0.471. The number of benzene rings is 1. The van der Waals surface area contributed by atoms with Gasteiger partial charge in [-0.05, 0) is 49.5 Å². The number of anilines is 1. The maximum Gasteiger partial charge on any atom is 0.328 e. The van der Waals surface area contributed by atoms with Crippen molar-refractivity contribution in [1.29, 1.82) is 0 Å². The maximum atomic E-state index is 12.1. The molecular weight excluding hydrogens is 300 g/mol. The first-order chi connectivity index (χ1) is 10.6. The van der Waals surface area contributed by atoms with Crippen LogP contribution in [-0.4, -0.2) is 25.7 Å². The van der Waals surface area contributed by atoms with Crippen LogP contribution in [0.3, 0.4) is 0 Å². The highest BCUT2D eigenvalue weighted by molar-refractivity contribution is 6.31. The molecule has 2 heterocycles. The molecule has 5 heteroatoms. The number of allylic oxidation sites excluding steroid dienone is 1. The van der Waals surface area contributed by atoms with E-state index in [1.165, 1.54) is 11.1 Å². The van der Waals surface area contributed by atoms with E-state index in [0.717, 1.165) is 42.2 Å². The number of nitrogens with zero attached hydrogens (tertiary/aromatic N) is 1. The lowest BCUT2D eigenvalue weighted by molar-refractivity contribution is -0.145. The average Bonchev–Trinajstić information content (AvgIpc) is 2.72. The number of carbonyl (C=O) groups excluding carboxylic acids is 1. The second-order valence-electron chi connectivity index (χ2n) is 5.77. The second-order valence-corrected chi connectivity index (χ2v) is 6.17. The molecule has 1 unspecified atom stereocenters. The third-order valence-electron chi connectivity index (χ3n) is 4.37. The number of ether oxygens (including phenoxy) is 1. The molecule has 2 aliphatic rings. The van der Waals surface area contributed by atoms with Gasteiger partial charge in [0.2, 0.25) is 0 Å². The summed E-state index contributed by atoms with van der Waals surface area (Å²) in [5, 5.41) is 4.21. The molecule has 0 amide bonds. The topological polar surface area (TPSA) is 41.6 Å². The van der Waals surface area contributed by atoms with Gasteiger partial charge in [-0.15, -0.1) is 0 Å². The molecule has 1 N–H and O–H groups in total. The molecular formula is C17H21ClN2O2.